The second-order valence-corrected chi connectivity index (χ2v) is 17.2. The number of ketones is 1. The Hall–Kier alpha value is -1.97. The van der Waals surface area contributed by atoms with Crippen molar-refractivity contribution in [1.29, 1.82) is 0 Å². The highest BCUT2D eigenvalue weighted by Gasteiger charge is 2.59. The summed E-state index contributed by atoms with van der Waals surface area (Å²) in [6.07, 6.45) is 17.4. The van der Waals surface area contributed by atoms with Crippen molar-refractivity contribution in [3.05, 3.63) is 11.6 Å². The summed E-state index contributed by atoms with van der Waals surface area (Å²) in [7, 11) is 0. The number of fused-ring (bicyclic) bond motifs is 5. The maximum atomic E-state index is 12.7. The Labute approximate surface area is 309 Å². The Balaban J connectivity index is 1.05. The van der Waals surface area contributed by atoms with Crippen LogP contribution in [0.15, 0.2) is 11.6 Å². The summed E-state index contributed by atoms with van der Waals surface area (Å²) in [6.45, 7) is 17.7. The van der Waals surface area contributed by atoms with E-state index < -0.39 is 0 Å². The van der Waals surface area contributed by atoms with Crippen molar-refractivity contribution in [2.45, 2.75) is 138 Å². The van der Waals surface area contributed by atoms with Gasteiger partial charge in [-0.3, -0.25) is 4.79 Å². The number of allylic oxidation sites excluding steroid dienone is 1. The van der Waals surface area contributed by atoms with Crippen LogP contribution < -0.4 is 10.6 Å². The summed E-state index contributed by atoms with van der Waals surface area (Å²) < 4.78 is 22.5. The zero-order valence-corrected chi connectivity index (χ0v) is 33.0. The number of rotatable bonds is 22. The maximum Gasteiger partial charge on any atom is 0.407 e. The molecule has 0 aromatic heterocycles. The lowest BCUT2D eigenvalue weighted by Gasteiger charge is -2.58. The normalized spacial score (nSPS) is 30.5. The quantitative estimate of drug-likeness (QED) is 0.0862. The molecule has 2 amide bonds. The number of hydrogen-bond donors (Lipinski definition) is 2. The van der Waals surface area contributed by atoms with E-state index in [0.717, 1.165) is 54.8 Å². The molecule has 9 nitrogen and oxygen atoms in total. The van der Waals surface area contributed by atoms with Crippen LogP contribution in [-0.2, 0) is 28.5 Å². The molecule has 0 spiro atoms. The van der Waals surface area contributed by atoms with E-state index in [4.69, 9.17) is 18.9 Å². The molecule has 292 valence electrons. The number of carbonyl (C=O) groups is 3. The first-order valence-electron chi connectivity index (χ1n) is 20.6. The monoisotopic (exact) mass is 717 g/mol. The van der Waals surface area contributed by atoms with Gasteiger partial charge in [0.2, 0.25) is 5.91 Å². The van der Waals surface area contributed by atoms with E-state index in [0.29, 0.717) is 64.6 Å². The van der Waals surface area contributed by atoms with Gasteiger partial charge in [0.25, 0.3) is 0 Å². The van der Waals surface area contributed by atoms with Gasteiger partial charge in [0, 0.05) is 39.0 Å². The lowest BCUT2D eigenvalue weighted by molar-refractivity contribution is -0.124. The van der Waals surface area contributed by atoms with Gasteiger partial charge in [-0.25, -0.2) is 4.79 Å². The summed E-state index contributed by atoms with van der Waals surface area (Å²) >= 11 is 0. The van der Waals surface area contributed by atoms with E-state index in [-0.39, 0.29) is 42.1 Å². The smallest absolute Gasteiger partial charge is 0.407 e. The second kappa shape index (κ2) is 20.5. The molecule has 0 aromatic rings. The fourth-order valence-corrected chi connectivity index (χ4v) is 10.5. The number of carbonyl (C=O) groups excluding carboxylic acids is 3. The van der Waals surface area contributed by atoms with Crippen molar-refractivity contribution in [3.63, 3.8) is 0 Å². The predicted molar refractivity (Wildman–Crippen MR) is 201 cm³/mol. The fraction of sp³-hybridized carbons (Fsp3) is 0.881. The number of alkyl carbamates (subject to hydrolysis) is 1. The Bertz CT molecular complexity index is 1140. The Morgan fingerprint density at radius 2 is 1.53 bits per heavy atom. The number of Topliss-reactive ketones (excluding diaryl/α,β-unsaturated/α-hetero) is 1. The van der Waals surface area contributed by atoms with E-state index in [9.17, 15) is 14.4 Å². The molecule has 0 aromatic carbocycles. The van der Waals surface area contributed by atoms with E-state index >= 15 is 0 Å². The Morgan fingerprint density at radius 3 is 2.25 bits per heavy atom. The number of hydrogen-bond acceptors (Lipinski definition) is 7. The minimum atomic E-state index is -0.315. The van der Waals surface area contributed by atoms with Crippen molar-refractivity contribution in [3.8, 4) is 0 Å². The first-order chi connectivity index (χ1) is 24.4. The largest absolute Gasteiger partial charge is 0.446 e. The van der Waals surface area contributed by atoms with Gasteiger partial charge in [-0.15, -0.1) is 0 Å². The van der Waals surface area contributed by atoms with Crippen molar-refractivity contribution >= 4 is 17.8 Å². The van der Waals surface area contributed by atoms with Gasteiger partial charge in [-0.05, 0) is 105 Å². The summed E-state index contributed by atoms with van der Waals surface area (Å²) in [6, 6.07) is 0. The van der Waals surface area contributed by atoms with E-state index in [1.165, 1.54) is 58.3 Å². The average Bonchev–Trinajstić information content (AvgIpc) is 3.44. The van der Waals surface area contributed by atoms with Crippen molar-refractivity contribution in [2.24, 2.45) is 46.3 Å². The Morgan fingerprint density at radius 1 is 0.804 bits per heavy atom. The van der Waals surface area contributed by atoms with Gasteiger partial charge in [0.05, 0.1) is 33.0 Å². The highest BCUT2D eigenvalue weighted by molar-refractivity contribution is 5.83. The third-order valence-electron chi connectivity index (χ3n) is 13.3. The maximum absolute atomic E-state index is 12.7. The van der Waals surface area contributed by atoms with Crippen molar-refractivity contribution in [1.82, 2.24) is 10.6 Å². The molecule has 8 atom stereocenters. The number of nitrogens with one attached hydrogen (secondary N) is 2. The van der Waals surface area contributed by atoms with Crippen LogP contribution in [0.3, 0.4) is 0 Å². The van der Waals surface area contributed by atoms with Crippen LogP contribution in [0, 0.1) is 46.3 Å². The number of ether oxygens (including phenoxy) is 4. The van der Waals surface area contributed by atoms with E-state index in [1.807, 2.05) is 0 Å². The van der Waals surface area contributed by atoms with E-state index in [2.05, 4.69) is 51.3 Å². The highest BCUT2D eigenvalue weighted by atomic mass is 16.6. The molecule has 3 saturated carbocycles. The first-order valence-corrected chi connectivity index (χ1v) is 20.6. The summed E-state index contributed by atoms with van der Waals surface area (Å²) in [5.41, 5.74) is 2.32. The average molecular weight is 717 g/mol. The molecule has 4 aliphatic carbocycles. The zero-order chi connectivity index (χ0) is 36.9. The van der Waals surface area contributed by atoms with Crippen LogP contribution in [-0.4, -0.2) is 76.6 Å². The molecule has 0 bridgehead atoms. The molecule has 2 N–H and O–H groups in total. The minimum absolute atomic E-state index is 0.0105. The van der Waals surface area contributed by atoms with Gasteiger partial charge in [0.1, 0.15) is 11.9 Å². The van der Waals surface area contributed by atoms with Gasteiger partial charge in [0.15, 0.2) is 0 Å². The van der Waals surface area contributed by atoms with Crippen LogP contribution in [0.4, 0.5) is 4.79 Å². The SMILES string of the molecule is CC(=O)CCC(=O)NCCOCCOCCOCCCNC(=O)OC1CC[C@@]2(C)C(=CC[C@@H]3C2CC[C@@]2(C)C3CC[C@@H]2C(C)CCCC(C)C)C1. The summed E-state index contributed by atoms with van der Waals surface area (Å²) in [5.74, 6) is 4.87. The van der Waals surface area contributed by atoms with Gasteiger partial charge < -0.3 is 34.4 Å². The molecule has 0 heterocycles. The fourth-order valence-electron chi connectivity index (χ4n) is 10.5. The molecule has 4 aliphatic rings. The first kappa shape index (κ1) is 41.8. The number of amides is 2. The molecular formula is C42H72N2O7. The van der Waals surface area contributed by atoms with Crippen molar-refractivity contribution in [2.75, 3.05) is 52.7 Å². The molecule has 4 rings (SSSR count). The van der Waals surface area contributed by atoms with Crippen LogP contribution >= 0.6 is 0 Å². The highest BCUT2D eigenvalue weighted by Crippen LogP contribution is 2.67. The predicted octanol–water partition coefficient (Wildman–Crippen LogP) is 8.05. The molecule has 0 saturated heterocycles. The van der Waals surface area contributed by atoms with Crippen LogP contribution in [0.1, 0.15) is 131 Å². The third kappa shape index (κ3) is 12.0. The summed E-state index contributed by atoms with van der Waals surface area (Å²) in [5, 5.41) is 5.64. The lowest BCUT2D eigenvalue weighted by atomic mass is 9.47. The standard InChI is InChI=1S/C42H72N2O7/c1-30(2)9-7-10-31(3)36-14-15-37-35-13-12-33-29-34(17-19-41(33,5)38(35)18-20-42(36,37)6)51-40(47)44-21-8-23-48-25-27-50-28-26-49-24-22-43-39(46)16-11-32(4)45/h12,30-31,34-38H,7-11,13-29H2,1-6H3,(H,43,46)(H,44,47)/t31?,34?,35-,36+,37?,38?,41-,42+/m0/s1. The van der Waals surface area contributed by atoms with Crippen LogP contribution in [0.2, 0.25) is 0 Å². The van der Waals surface area contributed by atoms with Crippen molar-refractivity contribution < 1.29 is 33.3 Å². The molecule has 0 aliphatic heterocycles. The Kier molecular flexibility index (Phi) is 16.8. The van der Waals surface area contributed by atoms with E-state index in [1.54, 1.807) is 5.57 Å². The molecule has 0 radical (unpaired) electrons. The third-order valence-corrected chi connectivity index (χ3v) is 13.3. The van der Waals surface area contributed by atoms with Crippen LogP contribution in [0.5, 0.6) is 0 Å². The molecule has 4 unspecified atom stereocenters. The second-order valence-electron chi connectivity index (χ2n) is 17.2. The van der Waals surface area contributed by atoms with Gasteiger partial charge >= 0.3 is 6.09 Å². The van der Waals surface area contributed by atoms with Crippen LogP contribution in [0.25, 0.3) is 0 Å². The lowest BCUT2D eigenvalue weighted by Crippen LogP contribution is -2.51. The minimum Gasteiger partial charge on any atom is -0.446 e. The summed E-state index contributed by atoms with van der Waals surface area (Å²) in [4.78, 5) is 35.1. The topological polar surface area (TPSA) is 112 Å². The zero-order valence-electron chi connectivity index (χ0n) is 33.0. The van der Waals surface area contributed by atoms with Gasteiger partial charge in [-0.2, -0.15) is 0 Å². The van der Waals surface area contributed by atoms with Gasteiger partial charge in [-0.1, -0.05) is 65.5 Å². The molecule has 9 heteroatoms. The molecule has 3 fully saturated rings. The molecule has 51 heavy (non-hydrogen) atoms. The molecular weight excluding hydrogens is 644 g/mol.